The average molecular weight is 518 g/mol. The van der Waals surface area contributed by atoms with Crippen molar-refractivity contribution in [2.24, 2.45) is 4.99 Å². The van der Waals surface area contributed by atoms with E-state index in [2.05, 4.69) is 38.1 Å². The minimum atomic E-state index is 0. The van der Waals surface area contributed by atoms with Gasteiger partial charge in [-0.3, -0.25) is 4.99 Å². The maximum absolute atomic E-state index is 5.64. The SMILES string of the molecule is CCOc1cc(CCCNC(=NC)NCCc2csc(C)n2)ccc1OC.I. The largest absolute Gasteiger partial charge is 0.493 e. The number of halogens is 1. The molecule has 0 bridgehead atoms. The van der Waals surface area contributed by atoms with Gasteiger partial charge in [0.25, 0.3) is 0 Å². The zero-order chi connectivity index (χ0) is 19.5. The molecule has 1 aromatic carbocycles. The number of nitrogens with one attached hydrogen (secondary N) is 2. The number of benzene rings is 1. The molecule has 28 heavy (non-hydrogen) atoms. The predicted octanol–water partition coefficient (Wildman–Crippen LogP) is 3.82. The lowest BCUT2D eigenvalue weighted by atomic mass is 10.1. The second-order valence-electron chi connectivity index (χ2n) is 6.06. The number of ether oxygens (including phenoxy) is 2. The van der Waals surface area contributed by atoms with Crippen LogP contribution in [-0.4, -0.2) is 44.8 Å². The summed E-state index contributed by atoms with van der Waals surface area (Å²) >= 11 is 1.69. The van der Waals surface area contributed by atoms with Crippen LogP contribution in [0.1, 0.15) is 29.6 Å². The third-order valence-electron chi connectivity index (χ3n) is 4.03. The van der Waals surface area contributed by atoms with Gasteiger partial charge in [0.1, 0.15) is 0 Å². The molecule has 156 valence electrons. The molecule has 0 amide bonds. The Kier molecular flexibility index (Phi) is 11.9. The summed E-state index contributed by atoms with van der Waals surface area (Å²) in [4.78, 5) is 8.74. The van der Waals surface area contributed by atoms with Crippen molar-refractivity contribution in [3.8, 4) is 11.5 Å². The molecule has 6 nitrogen and oxygen atoms in total. The number of thiazole rings is 1. The van der Waals surface area contributed by atoms with E-state index in [0.717, 1.165) is 60.5 Å². The van der Waals surface area contributed by atoms with Crippen molar-refractivity contribution in [1.82, 2.24) is 15.6 Å². The standard InChI is InChI=1S/C20H30N4O2S.HI/c1-5-26-19-13-16(8-9-18(19)25-4)7-6-11-22-20(21-3)23-12-10-17-14-27-15(2)24-17;/h8-9,13-14H,5-7,10-12H2,1-4H3,(H2,21,22,23);1H. The molecule has 0 radical (unpaired) electrons. The van der Waals surface area contributed by atoms with E-state index in [1.165, 1.54) is 5.56 Å². The van der Waals surface area contributed by atoms with Gasteiger partial charge in [0.05, 0.1) is 24.4 Å². The highest BCUT2D eigenvalue weighted by Gasteiger charge is 2.06. The highest BCUT2D eigenvalue weighted by molar-refractivity contribution is 14.0. The summed E-state index contributed by atoms with van der Waals surface area (Å²) < 4.78 is 11.0. The van der Waals surface area contributed by atoms with Crippen LogP contribution >= 0.6 is 35.3 Å². The van der Waals surface area contributed by atoms with E-state index in [1.807, 2.05) is 19.9 Å². The van der Waals surface area contributed by atoms with Gasteiger partial charge in [0, 0.05) is 31.9 Å². The van der Waals surface area contributed by atoms with Crippen LogP contribution in [0.3, 0.4) is 0 Å². The van der Waals surface area contributed by atoms with Crippen LogP contribution in [0.15, 0.2) is 28.6 Å². The van der Waals surface area contributed by atoms with Crippen LogP contribution in [0, 0.1) is 6.92 Å². The first-order valence-corrected chi connectivity index (χ1v) is 10.2. The number of hydrogen-bond donors (Lipinski definition) is 2. The molecule has 0 saturated carbocycles. The van der Waals surface area contributed by atoms with Gasteiger partial charge in [-0.25, -0.2) is 4.98 Å². The van der Waals surface area contributed by atoms with Gasteiger partial charge < -0.3 is 20.1 Å². The fourth-order valence-corrected chi connectivity index (χ4v) is 3.34. The lowest BCUT2D eigenvalue weighted by Gasteiger charge is -2.13. The van der Waals surface area contributed by atoms with Gasteiger partial charge in [0.15, 0.2) is 17.5 Å². The smallest absolute Gasteiger partial charge is 0.190 e. The Morgan fingerprint density at radius 2 is 1.96 bits per heavy atom. The first-order valence-electron chi connectivity index (χ1n) is 9.31. The summed E-state index contributed by atoms with van der Waals surface area (Å²) in [6.07, 6.45) is 2.87. The number of aliphatic imine (C=N–C) groups is 1. The molecule has 0 fully saturated rings. The van der Waals surface area contributed by atoms with Crippen molar-refractivity contribution in [1.29, 1.82) is 0 Å². The number of aromatic nitrogens is 1. The number of hydrogen-bond acceptors (Lipinski definition) is 5. The summed E-state index contributed by atoms with van der Waals surface area (Å²) in [5, 5.41) is 9.91. The molecule has 0 unspecified atom stereocenters. The second kappa shape index (κ2) is 13.6. The summed E-state index contributed by atoms with van der Waals surface area (Å²) in [5.41, 5.74) is 2.37. The van der Waals surface area contributed by atoms with Gasteiger partial charge >= 0.3 is 0 Å². The summed E-state index contributed by atoms with van der Waals surface area (Å²) in [6.45, 7) is 6.31. The lowest BCUT2D eigenvalue weighted by molar-refractivity contribution is 0.310. The molecular formula is C20H31IN4O2S. The van der Waals surface area contributed by atoms with E-state index in [9.17, 15) is 0 Å². The van der Waals surface area contributed by atoms with Crippen molar-refractivity contribution in [2.45, 2.75) is 33.1 Å². The van der Waals surface area contributed by atoms with E-state index < -0.39 is 0 Å². The van der Waals surface area contributed by atoms with Crippen molar-refractivity contribution in [3.63, 3.8) is 0 Å². The Balaban J connectivity index is 0.00000392. The van der Waals surface area contributed by atoms with Crippen LogP contribution in [0.5, 0.6) is 11.5 Å². The Labute approximate surface area is 189 Å². The number of guanidine groups is 1. The molecule has 0 spiro atoms. The first kappa shape index (κ1) is 24.5. The third-order valence-corrected chi connectivity index (χ3v) is 4.85. The fourth-order valence-electron chi connectivity index (χ4n) is 2.70. The zero-order valence-electron chi connectivity index (χ0n) is 17.1. The van der Waals surface area contributed by atoms with Gasteiger partial charge in [-0.2, -0.15) is 0 Å². The molecule has 0 saturated heterocycles. The van der Waals surface area contributed by atoms with Gasteiger partial charge in [-0.1, -0.05) is 6.07 Å². The predicted molar refractivity (Wildman–Crippen MR) is 128 cm³/mol. The van der Waals surface area contributed by atoms with E-state index in [0.29, 0.717) is 6.61 Å². The Morgan fingerprint density at radius 3 is 2.61 bits per heavy atom. The molecule has 0 aliphatic carbocycles. The molecular weight excluding hydrogens is 487 g/mol. The van der Waals surface area contributed by atoms with Crippen molar-refractivity contribution >= 4 is 41.3 Å². The molecule has 0 aliphatic rings. The van der Waals surface area contributed by atoms with Crippen molar-refractivity contribution in [2.75, 3.05) is 33.9 Å². The normalized spacial score (nSPS) is 10.9. The Morgan fingerprint density at radius 1 is 1.18 bits per heavy atom. The van der Waals surface area contributed by atoms with E-state index in [-0.39, 0.29) is 24.0 Å². The average Bonchev–Trinajstić information content (AvgIpc) is 3.09. The Hall–Kier alpha value is -1.55. The molecule has 0 aliphatic heterocycles. The summed E-state index contributed by atoms with van der Waals surface area (Å²) in [6, 6.07) is 6.12. The number of nitrogens with zero attached hydrogens (tertiary/aromatic N) is 2. The van der Waals surface area contributed by atoms with Crippen LogP contribution in [-0.2, 0) is 12.8 Å². The highest BCUT2D eigenvalue weighted by Crippen LogP contribution is 2.28. The number of methoxy groups -OCH3 is 1. The molecule has 1 aromatic heterocycles. The number of aryl methyl sites for hydroxylation is 2. The van der Waals surface area contributed by atoms with Crippen LogP contribution in [0.4, 0.5) is 0 Å². The Bertz CT molecular complexity index is 737. The minimum absolute atomic E-state index is 0. The monoisotopic (exact) mass is 518 g/mol. The van der Waals surface area contributed by atoms with Gasteiger partial charge in [-0.05, 0) is 44.4 Å². The summed E-state index contributed by atoms with van der Waals surface area (Å²) in [5.74, 6) is 2.41. The second-order valence-corrected chi connectivity index (χ2v) is 7.12. The minimum Gasteiger partial charge on any atom is -0.493 e. The molecule has 2 aromatic rings. The van der Waals surface area contributed by atoms with E-state index in [4.69, 9.17) is 9.47 Å². The van der Waals surface area contributed by atoms with E-state index in [1.54, 1.807) is 25.5 Å². The summed E-state index contributed by atoms with van der Waals surface area (Å²) in [7, 11) is 3.45. The topological polar surface area (TPSA) is 67.8 Å². The van der Waals surface area contributed by atoms with Crippen LogP contribution in [0.2, 0.25) is 0 Å². The van der Waals surface area contributed by atoms with Gasteiger partial charge in [0.2, 0.25) is 0 Å². The molecule has 8 heteroatoms. The quantitative estimate of drug-likeness (QED) is 0.217. The third kappa shape index (κ3) is 8.22. The molecule has 2 rings (SSSR count). The van der Waals surface area contributed by atoms with Crippen molar-refractivity contribution in [3.05, 3.63) is 39.8 Å². The fraction of sp³-hybridized carbons (Fsp3) is 0.500. The zero-order valence-corrected chi connectivity index (χ0v) is 20.2. The van der Waals surface area contributed by atoms with E-state index >= 15 is 0 Å². The molecule has 1 heterocycles. The van der Waals surface area contributed by atoms with Crippen LogP contribution < -0.4 is 20.1 Å². The maximum atomic E-state index is 5.64. The molecule has 2 N–H and O–H groups in total. The molecule has 0 atom stereocenters. The number of rotatable bonds is 10. The first-order chi connectivity index (χ1) is 13.2. The van der Waals surface area contributed by atoms with Gasteiger partial charge in [-0.15, -0.1) is 35.3 Å². The van der Waals surface area contributed by atoms with Crippen molar-refractivity contribution < 1.29 is 9.47 Å². The van der Waals surface area contributed by atoms with Crippen LogP contribution in [0.25, 0.3) is 0 Å². The highest BCUT2D eigenvalue weighted by atomic mass is 127. The maximum Gasteiger partial charge on any atom is 0.190 e. The lowest BCUT2D eigenvalue weighted by Crippen LogP contribution is -2.38.